The molecule has 0 spiro atoms. The molecule has 0 aliphatic rings. The molecule has 25 heavy (non-hydrogen) atoms. The minimum atomic E-state index is -0.355. The topological polar surface area (TPSA) is 67.9 Å². The molecule has 0 fully saturated rings. The van der Waals surface area contributed by atoms with Crippen molar-refractivity contribution in [2.75, 3.05) is 27.3 Å². The molecule has 140 valence electrons. The highest BCUT2D eigenvalue weighted by Crippen LogP contribution is 2.36. The van der Waals surface area contributed by atoms with Crippen LogP contribution in [-0.2, 0) is 4.79 Å². The van der Waals surface area contributed by atoms with Gasteiger partial charge in [0.25, 0.3) is 5.91 Å². The number of carbonyl (C=O) groups excluding carboxylic acids is 2. The van der Waals surface area contributed by atoms with Crippen molar-refractivity contribution in [1.82, 2.24) is 10.2 Å². The number of ether oxygens (including phenoxy) is 2. The van der Waals surface area contributed by atoms with E-state index in [2.05, 4.69) is 5.32 Å². The molecular formula is C18H27ClN2O4. The smallest absolute Gasteiger partial charge is 0.254 e. The lowest BCUT2D eigenvalue weighted by Gasteiger charge is -2.23. The fourth-order valence-corrected chi connectivity index (χ4v) is 2.42. The van der Waals surface area contributed by atoms with Gasteiger partial charge in [-0.2, -0.15) is 0 Å². The maximum Gasteiger partial charge on any atom is 0.254 e. The summed E-state index contributed by atoms with van der Waals surface area (Å²) in [6.07, 6.45) is 0.825. The van der Waals surface area contributed by atoms with E-state index in [1.807, 2.05) is 27.7 Å². The molecule has 0 aliphatic carbocycles. The van der Waals surface area contributed by atoms with Crippen molar-refractivity contribution in [1.29, 1.82) is 0 Å². The molecule has 0 saturated heterocycles. The van der Waals surface area contributed by atoms with Gasteiger partial charge in [-0.15, -0.1) is 0 Å². The van der Waals surface area contributed by atoms with Gasteiger partial charge in [-0.05, 0) is 39.3 Å². The predicted molar refractivity (Wildman–Crippen MR) is 98.6 cm³/mol. The molecule has 0 aromatic heterocycles. The Morgan fingerprint density at radius 2 is 1.92 bits per heavy atom. The fraction of sp³-hybridized carbons (Fsp3) is 0.556. The summed E-state index contributed by atoms with van der Waals surface area (Å²) in [7, 11) is 3.05. The maximum absolute atomic E-state index is 12.6. The highest BCUT2D eigenvalue weighted by molar-refractivity contribution is 6.32. The Labute approximate surface area is 154 Å². The van der Waals surface area contributed by atoms with Crippen molar-refractivity contribution in [3.8, 4) is 11.5 Å². The monoisotopic (exact) mass is 370 g/mol. The van der Waals surface area contributed by atoms with Gasteiger partial charge < -0.3 is 19.7 Å². The molecule has 1 rings (SSSR count). The van der Waals surface area contributed by atoms with Crippen LogP contribution in [0, 0.1) is 0 Å². The van der Waals surface area contributed by atoms with Gasteiger partial charge in [0.1, 0.15) is 0 Å². The first kappa shape index (κ1) is 21.1. The summed E-state index contributed by atoms with van der Waals surface area (Å²) in [4.78, 5) is 25.9. The zero-order chi connectivity index (χ0) is 19.2. The Morgan fingerprint density at radius 3 is 2.44 bits per heavy atom. The normalized spacial score (nSPS) is 11.0. The highest BCUT2D eigenvalue weighted by Gasteiger charge is 2.21. The predicted octanol–water partition coefficient (Wildman–Crippen LogP) is 3.12. The standard InChI is InChI=1S/C18H27ClN2O4/c1-7-8-25-16-13(19)9-12(10-14(16)24-6)17(23)21(5)11-15(22)20-18(2,3)4/h9-10H,7-8,11H2,1-6H3,(H,20,22). The van der Waals surface area contributed by atoms with Gasteiger partial charge in [-0.1, -0.05) is 18.5 Å². The van der Waals surface area contributed by atoms with Gasteiger partial charge in [0.15, 0.2) is 11.5 Å². The van der Waals surface area contributed by atoms with Crippen molar-refractivity contribution in [3.63, 3.8) is 0 Å². The molecule has 0 saturated carbocycles. The van der Waals surface area contributed by atoms with E-state index in [9.17, 15) is 9.59 Å². The number of likely N-dealkylation sites (N-methyl/N-ethyl adjacent to an activating group) is 1. The first-order valence-electron chi connectivity index (χ1n) is 8.15. The van der Waals surface area contributed by atoms with Gasteiger partial charge in [-0.3, -0.25) is 9.59 Å². The number of methoxy groups -OCH3 is 1. The lowest BCUT2D eigenvalue weighted by molar-refractivity contribution is -0.122. The van der Waals surface area contributed by atoms with E-state index >= 15 is 0 Å². The number of halogens is 1. The number of benzene rings is 1. The molecule has 1 N–H and O–H groups in total. The summed E-state index contributed by atoms with van der Waals surface area (Å²) >= 11 is 6.24. The van der Waals surface area contributed by atoms with Crippen LogP contribution < -0.4 is 14.8 Å². The first-order chi connectivity index (χ1) is 11.6. The summed E-state index contributed by atoms with van der Waals surface area (Å²) in [5.41, 5.74) is -0.0251. The molecule has 0 aliphatic heterocycles. The molecule has 1 aromatic rings. The van der Waals surface area contributed by atoms with Crippen molar-refractivity contribution in [2.45, 2.75) is 39.7 Å². The Balaban J connectivity index is 2.94. The van der Waals surface area contributed by atoms with E-state index in [1.165, 1.54) is 18.1 Å². The third-order valence-corrected chi connectivity index (χ3v) is 3.45. The Bertz CT molecular complexity index is 626. The average Bonchev–Trinajstić information content (AvgIpc) is 2.50. The van der Waals surface area contributed by atoms with Crippen LogP contribution in [-0.4, -0.2) is 49.6 Å². The second kappa shape index (κ2) is 8.94. The Kier molecular flexibility index (Phi) is 7.55. The number of carbonyl (C=O) groups is 2. The van der Waals surface area contributed by atoms with E-state index in [1.54, 1.807) is 13.1 Å². The van der Waals surface area contributed by atoms with E-state index in [0.717, 1.165) is 6.42 Å². The largest absolute Gasteiger partial charge is 0.493 e. The zero-order valence-corrected chi connectivity index (χ0v) is 16.5. The molecule has 0 heterocycles. The molecule has 6 nitrogen and oxygen atoms in total. The fourth-order valence-electron chi connectivity index (χ4n) is 2.15. The van der Waals surface area contributed by atoms with E-state index < -0.39 is 0 Å². The summed E-state index contributed by atoms with van der Waals surface area (Å²) < 4.78 is 10.9. The first-order valence-corrected chi connectivity index (χ1v) is 8.53. The van der Waals surface area contributed by atoms with Crippen LogP contribution in [0.3, 0.4) is 0 Å². The maximum atomic E-state index is 12.6. The quantitative estimate of drug-likeness (QED) is 0.800. The molecule has 7 heteroatoms. The SMILES string of the molecule is CCCOc1c(Cl)cc(C(=O)N(C)CC(=O)NC(C)(C)C)cc1OC. The lowest BCUT2D eigenvalue weighted by Crippen LogP contribution is -2.46. The lowest BCUT2D eigenvalue weighted by atomic mass is 10.1. The second-order valence-electron chi connectivity index (χ2n) is 6.80. The third-order valence-electron chi connectivity index (χ3n) is 3.17. The molecule has 1 aromatic carbocycles. The van der Waals surface area contributed by atoms with Crippen LogP contribution in [0.25, 0.3) is 0 Å². The summed E-state index contributed by atoms with van der Waals surface area (Å²) in [6.45, 7) is 8.07. The minimum Gasteiger partial charge on any atom is -0.493 e. The van der Waals surface area contributed by atoms with Gasteiger partial charge >= 0.3 is 0 Å². The van der Waals surface area contributed by atoms with Crippen molar-refractivity contribution >= 4 is 23.4 Å². The molecule has 0 atom stereocenters. The minimum absolute atomic E-state index is 0.0515. The van der Waals surface area contributed by atoms with E-state index in [-0.39, 0.29) is 23.9 Å². The molecule has 0 bridgehead atoms. The number of hydrogen-bond donors (Lipinski definition) is 1. The summed E-state index contributed by atoms with van der Waals surface area (Å²) in [6, 6.07) is 3.09. The molecule has 2 amide bonds. The number of amides is 2. The van der Waals surface area contributed by atoms with Crippen molar-refractivity contribution in [3.05, 3.63) is 22.7 Å². The van der Waals surface area contributed by atoms with Crippen molar-refractivity contribution in [2.24, 2.45) is 0 Å². The molecule has 0 radical (unpaired) electrons. The Morgan fingerprint density at radius 1 is 1.28 bits per heavy atom. The number of nitrogens with zero attached hydrogens (tertiary/aromatic N) is 1. The third kappa shape index (κ3) is 6.46. The van der Waals surface area contributed by atoms with Crippen molar-refractivity contribution < 1.29 is 19.1 Å². The highest BCUT2D eigenvalue weighted by atomic mass is 35.5. The van der Waals surface area contributed by atoms with Gasteiger partial charge in [0.2, 0.25) is 5.91 Å². The number of rotatable bonds is 7. The number of nitrogens with one attached hydrogen (secondary N) is 1. The van der Waals surface area contributed by atoms with Crippen LogP contribution in [0.4, 0.5) is 0 Å². The van der Waals surface area contributed by atoms with Crippen LogP contribution in [0.15, 0.2) is 12.1 Å². The van der Waals surface area contributed by atoms with Crippen LogP contribution in [0.1, 0.15) is 44.5 Å². The number of hydrogen-bond acceptors (Lipinski definition) is 4. The van der Waals surface area contributed by atoms with E-state index in [4.69, 9.17) is 21.1 Å². The second-order valence-corrected chi connectivity index (χ2v) is 7.20. The van der Waals surface area contributed by atoms with Crippen LogP contribution in [0.5, 0.6) is 11.5 Å². The molecule has 0 unspecified atom stereocenters. The average molecular weight is 371 g/mol. The summed E-state index contributed by atoms with van der Waals surface area (Å²) in [5.74, 6) is 0.239. The summed E-state index contributed by atoms with van der Waals surface area (Å²) in [5, 5.41) is 3.11. The Hall–Kier alpha value is -1.95. The van der Waals surface area contributed by atoms with Gasteiger partial charge in [-0.25, -0.2) is 0 Å². The van der Waals surface area contributed by atoms with E-state index in [0.29, 0.717) is 28.7 Å². The van der Waals surface area contributed by atoms with Crippen LogP contribution in [0.2, 0.25) is 5.02 Å². The molecular weight excluding hydrogens is 344 g/mol. The van der Waals surface area contributed by atoms with Gasteiger partial charge in [0.05, 0.1) is 25.3 Å². The zero-order valence-electron chi connectivity index (χ0n) is 15.7. The van der Waals surface area contributed by atoms with Crippen LogP contribution >= 0.6 is 11.6 Å². The van der Waals surface area contributed by atoms with Gasteiger partial charge in [0, 0.05) is 18.2 Å².